The van der Waals surface area contributed by atoms with Crippen molar-refractivity contribution in [3.63, 3.8) is 0 Å². The second-order valence-corrected chi connectivity index (χ2v) is 3.87. The normalized spacial score (nSPS) is 16.4. The van der Waals surface area contributed by atoms with Crippen molar-refractivity contribution in [1.82, 2.24) is 0 Å². The molecule has 2 N–H and O–H groups in total. The predicted molar refractivity (Wildman–Crippen MR) is 59.3 cm³/mol. The molecule has 0 radical (unpaired) electrons. The topological polar surface area (TPSA) is 66.8 Å². The van der Waals surface area contributed by atoms with Crippen LogP contribution in [0.3, 0.4) is 0 Å². The summed E-state index contributed by atoms with van der Waals surface area (Å²) in [5.41, 5.74) is -1.09. The first-order valence-electron chi connectivity index (χ1n) is 4.99. The molecule has 0 aromatic heterocycles. The molecule has 1 rings (SSSR count). The fraction of sp³-hybridized carbons (Fsp3) is 0.417. The molecule has 0 aliphatic heterocycles. The third kappa shape index (κ3) is 2.59. The van der Waals surface area contributed by atoms with E-state index in [1.165, 1.54) is 14.0 Å². The second-order valence-electron chi connectivity index (χ2n) is 3.87. The molecule has 4 nitrogen and oxygen atoms in total. The molecule has 0 aliphatic rings. The fourth-order valence-corrected chi connectivity index (χ4v) is 1.58. The molecule has 2 atom stereocenters. The summed E-state index contributed by atoms with van der Waals surface area (Å²) in [5, 5.41) is 19.0. The molecule has 1 aromatic carbocycles. The molecule has 2 unspecified atom stereocenters. The zero-order valence-electron chi connectivity index (χ0n) is 9.38. The monoisotopic (exact) mass is 224 g/mol. The summed E-state index contributed by atoms with van der Waals surface area (Å²) >= 11 is 0. The van der Waals surface area contributed by atoms with Gasteiger partial charge in [-0.25, -0.2) is 4.79 Å². The smallest absolute Gasteiger partial charge is 0.336 e. The first-order valence-corrected chi connectivity index (χ1v) is 4.99. The van der Waals surface area contributed by atoms with E-state index in [1.807, 2.05) is 6.07 Å². The molecule has 16 heavy (non-hydrogen) atoms. The molecule has 1 aromatic rings. The van der Waals surface area contributed by atoms with Gasteiger partial charge in [0.2, 0.25) is 0 Å². The van der Waals surface area contributed by atoms with Crippen LogP contribution in [0.4, 0.5) is 0 Å². The lowest BCUT2D eigenvalue weighted by Crippen LogP contribution is -2.43. The van der Waals surface area contributed by atoms with Crippen LogP contribution in [0.1, 0.15) is 18.4 Å². The number of carbonyl (C=O) groups is 1. The van der Waals surface area contributed by atoms with Gasteiger partial charge >= 0.3 is 5.97 Å². The Kier molecular flexibility index (Phi) is 4.04. The van der Waals surface area contributed by atoms with Crippen molar-refractivity contribution < 1.29 is 19.7 Å². The summed E-state index contributed by atoms with van der Waals surface area (Å²) in [4.78, 5) is 11.0. The number of carboxylic acids is 1. The standard InChI is InChI=1S/C12H16O4/c1-12(15,11(13)14)10(8-16-2)9-6-4-3-5-7-9/h3-7,10,15H,8H2,1-2H3,(H,13,14). The molecular weight excluding hydrogens is 208 g/mol. The van der Waals surface area contributed by atoms with Crippen molar-refractivity contribution in [3.8, 4) is 0 Å². The van der Waals surface area contributed by atoms with E-state index in [4.69, 9.17) is 9.84 Å². The Hall–Kier alpha value is -1.39. The third-order valence-corrected chi connectivity index (χ3v) is 2.65. The van der Waals surface area contributed by atoms with Gasteiger partial charge < -0.3 is 14.9 Å². The summed E-state index contributed by atoms with van der Waals surface area (Å²) < 4.78 is 4.97. The fourth-order valence-electron chi connectivity index (χ4n) is 1.58. The summed E-state index contributed by atoms with van der Waals surface area (Å²) in [6, 6.07) is 9.00. The second kappa shape index (κ2) is 5.09. The third-order valence-electron chi connectivity index (χ3n) is 2.65. The lowest BCUT2D eigenvalue weighted by Gasteiger charge is -2.28. The van der Waals surface area contributed by atoms with E-state index in [2.05, 4.69) is 0 Å². The molecule has 0 spiro atoms. The van der Waals surface area contributed by atoms with E-state index in [-0.39, 0.29) is 6.61 Å². The average molecular weight is 224 g/mol. The number of ether oxygens (including phenoxy) is 1. The van der Waals surface area contributed by atoms with Gasteiger partial charge in [-0.15, -0.1) is 0 Å². The number of aliphatic hydroxyl groups is 1. The van der Waals surface area contributed by atoms with E-state index in [9.17, 15) is 9.90 Å². The van der Waals surface area contributed by atoms with E-state index < -0.39 is 17.5 Å². The van der Waals surface area contributed by atoms with Crippen LogP contribution in [0.25, 0.3) is 0 Å². The van der Waals surface area contributed by atoms with Crippen molar-refractivity contribution >= 4 is 5.97 Å². The maximum atomic E-state index is 11.0. The number of hydrogen-bond acceptors (Lipinski definition) is 3. The highest BCUT2D eigenvalue weighted by Crippen LogP contribution is 2.28. The van der Waals surface area contributed by atoms with E-state index >= 15 is 0 Å². The minimum Gasteiger partial charge on any atom is -0.479 e. The number of methoxy groups -OCH3 is 1. The van der Waals surface area contributed by atoms with Gasteiger partial charge in [-0.2, -0.15) is 0 Å². The maximum absolute atomic E-state index is 11.0. The number of benzene rings is 1. The lowest BCUT2D eigenvalue weighted by molar-refractivity contribution is -0.160. The van der Waals surface area contributed by atoms with Gasteiger partial charge in [-0.3, -0.25) is 0 Å². The van der Waals surface area contributed by atoms with Crippen LogP contribution in [0.5, 0.6) is 0 Å². The van der Waals surface area contributed by atoms with Gasteiger partial charge in [0.1, 0.15) is 0 Å². The van der Waals surface area contributed by atoms with Crippen molar-refractivity contribution in [1.29, 1.82) is 0 Å². The Morgan fingerprint density at radius 1 is 1.44 bits per heavy atom. The SMILES string of the molecule is COCC(c1ccccc1)C(C)(O)C(=O)O. The van der Waals surface area contributed by atoms with Crippen molar-refractivity contribution in [2.75, 3.05) is 13.7 Å². The van der Waals surface area contributed by atoms with E-state index in [0.29, 0.717) is 0 Å². The van der Waals surface area contributed by atoms with Crippen molar-refractivity contribution in [2.45, 2.75) is 18.4 Å². The highest BCUT2D eigenvalue weighted by atomic mass is 16.5. The van der Waals surface area contributed by atoms with Gasteiger partial charge in [-0.05, 0) is 12.5 Å². The van der Waals surface area contributed by atoms with Gasteiger partial charge in [0.05, 0.1) is 6.61 Å². The van der Waals surface area contributed by atoms with Crippen LogP contribution < -0.4 is 0 Å². The number of rotatable bonds is 5. The van der Waals surface area contributed by atoms with Crippen LogP contribution in [0.2, 0.25) is 0 Å². The maximum Gasteiger partial charge on any atom is 0.336 e. The molecule has 0 amide bonds. The van der Waals surface area contributed by atoms with Crippen LogP contribution in [-0.4, -0.2) is 35.5 Å². The number of aliphatic carboxylic acids is 1. The van der Waals surface area contributed by atoms with E-state index in [1.54, 1.807) is 24.3 Å². The van der Waals surface area contributed by atoms with Gasteiger partial charge in [0, 0.05) is 13.0 Å². The zero-order valence-corrected chi connectivity index (χ0v) is 9.38. The van der Waals surface area contributed by atoms with Gasteiger partial charge in [0.15, 0.2) is 5.60 Å². The van der Waals surface area contributed by atoms with Gasteiger partial charge in [-0.1, -0.05) is 30.3 Å². The summed E-state index contributed by atoms with van der Waals surface area (Å²) in [5.74, 6) is -1.84. The van der Waals surface area contributed by atoms with Crippen LogP contribution in [-0.2, 0) is 9.53 Å². The van der Waals surface area contributed by atoms with Crippen LogP contribution >= 0.6 is 0 Å². The summed E-state index contributed by atoms with van der Waals surface area (Å²) in [6.07, 6.45) is 0. The van der Waals surface area contributed by atoms with Crippen LogP contribution in [0.15, 0.2) is 30.3 Å². The molecular formula is C12H16O4. The largest absolute Gasteiger partial charge is 0.479 e. The number of hydrogen-bond donors (Lipinski definition) is 2. The van der Waals surface area contributed by atoms with E-state index in [0.717, 1.165) is 5.56 Å². The molecule has 0 bridgehead atoms. The quantitative estimate of drug-likeness (QED) is 0.790. The molecule has 0 saturated heterocycles. The predicted octanol–water partition coefficient (Wildman–Crippen LogP) is 1.25. The van der Waals surface area contributed by atoms with Crippen molar-refractivity contribution in [3.05, 3.63) is 35.9 Å². The lowest BCUT2D eigenvalue weighted by atomic mass is 9.84. The molecule has 88 valence electrons. The summed E-state index contributed by atoms with van der Waals surface area (Å²) in [7, 11) is 1.48. The van der Waals surface area contributed by atoms with Crippen molar-refractivity contribution in [2.24, 2.45) is 0 Å². The first kappa shape index (κ1) is 12.7. The zero-order chi connectivity index (χ0) is 12.2. The van der Waals surface area contributed by atoms with Gasteiger partial charge in [0.25, 0.3) is 0 Å². The molecule has 0 aliphatic carbocycles. The highest BCUT2D eigenvalue weighted by molar-refractivity contribution is 5.78. The average Bonchev–Trinajstić information content (AvgIpc) is 2.26. The molecule has 0 fully saturated rings. The highest BCUT2D eigenvalue weighted by Gasteiger charge is 2.40. The Morgan fingerprint density at radius 2 is 2.00 bits per heavy atom. The minimum absolute atomic E-state index is 0.156. The Morgan fingerprint density at radius 3 is 2.44 bits per heavy atom. The molecule has 4 heteroatoms. The minimum atomic E-state index is -1.84. The number of carboxylic acid groups (broad SMARTS) is 1. The Balaban J connectivity index is 3.05. The summed E-state index contributed by atoms with van der Waals surface area (Å²) in [6.45, 7) is 1.44. The Labute approximate surface area is 94.5 Å². The van der Waals surface area contributed by atoms with Crippen LogP contribution in [0, 0.1) is 0 Å². The molecule has 0 saturated carbocycles. The Bertz CT molecular complexity index is 345. The first-order chi connectivity index (χ1) is 7.50. The molecule has 0 heterocycles.